The number of benzene rings is 1. The Labute approximate surface area is 124 Å². The molecule has 2 unspecified atom stereocenters. The van der Waals surface area contributed by atoms with Crippen molar-refractivity contribution < 1.29 is 9.15 Å². The first-order chi connectivity index (χ1) is 10.3. The molecule has 0 bridgehead atoms. The summed E-state index contributed by atoms with van der Waals surface area (Å²) < 4.78 is 11.8. The average Bonchev–Trinajstić information content (AvgIpc) is 2.92. The van der Waals surface area contributed by atoms with Gasteiger partial charge in [0.15, 0.2) is 5.58 Å². The number of nitrogens with two attached hydrogens (primary N) is 1. The SMILES string of the molecule is Nc1cccc2oc(CN3CCOC4CCCCC43)nc12. The molecule has 1 saturated carbocycles. The van der Waals surface area contributed by atoms with Gasteiger partial charge in [-0.05, 0) is 25.0 Å². The molecular formula is C16H21N3O2. The number of para-hydroxylation sites is 1. The van der Waals surface area contributed by atoms with Crippen molar-refractivity contribution in [1.82, 2.24) is 9.88 Å². The smallest absolute Gasteiger partial charge is 0.209 e. The molecule has 5 nitrogen and oxygen atoms in total. The number of hydrogen-bond acceptors (Lipinski definition) is 5. The van der Waals surface area contributed by atoms with Crippen LogP contribution in [-0.2, 0) is 11.3 Å². The minimum atomic E-state index is 0.391. The van der Waals surface area contributed by atoms with Gasteiger partial charge in [-0.1, -0.05) is 18.9 Å². The van der Waals surface area contributed by atoms with Crippen molar-refractivity contribution in [3.63, 3.8) is 0 Å². The van der Waals surface area contributed by atoms with Crippen molar-refractivity contribution in [2.75, 3.05) is 18.9 Å². The summed E-state index contributed by atoms with van der Waals surface area (Å²) in [7, 11) is 0. The van der Waals surface area contributed by atoms with Gasteiger partial charge in [0, 0.05) is 12.6 Å². The van der Waals surface area contributed by atoms with Crippen LogP contribution in [0, 0.1) is 0 Å². The van der Waals surface area contributed by atoms with Gasteiger partial charge in [-0.15, -0.1) is 0 Å². The van der Waals surface area contributed by atoms with E-state index in [1.165, 1.54) is 25.7 Å². The van der Waals surface area contributed by atoms with Gasteiger partial charge >= 0.3 is 0 Å². The number of morpholine rings is 1. The van der Waals surface area contributed by atoms with Gasteiger partial charge < -0.3 is 14.9 Å². The molecule has 112 valence electrons. The van der Waals surface area contributed by atoms with Gasteiger partial charge in [-0.2, -0.15) is 0 Å². The minimum Gasteiger partial charge on any atom is -0.439 e. The van der Waals surface area contributed by atoms with Crippen LogP contribution in [0.1, 0.15) is 31.6 Å². The van der Waals surface area contributed by atoms with E-state index >= 15 is 0 Å². The van der Waals surface area contributed by atoms with Crippen LogP contribution in [0.4, 0.5) is 5.69 Å². The first kappa shape index (κ1) is 13.1. The zero-order valence-corrected chi connectivity index (χ0v) is 12.1. The van der Waals surface area contributed by atoms with E-state index in [4.69, 9.17) is 14.9 Å². The molecule has 1 aromatic heterocycles. The Balaban J connectivity index is 1.57. The lowest BCUT2D eigenvalue weighted by Gasteiger charge is -2.43. The first-order valence-electron chi connectivity index (χ1n) is 7.81. The second kappa shape index (κ2) is 5.31. The van der Waals surface area contributed by atoms with E-state index in [1.807, 2.05) is 18.2 Å². The lowest BCUT2D eigenvalue weighted by Crippen LogP contribution is -2.52. The van der Waals surface area contributed by atoms with Crippen LogP contribution in [0.2, 0.25) is 0 Å². The second-order valence-electron chi connectivity index (χ2n) is 6.03. The zero-order valence-electron chi connectivity index (χ0n) is 12.1. The van der Waals surface area contributed by atoms with E-state index in [9.17, 15) is 0 Å². The fourth-order valence-electron chi connectivity index (χ4n) is 3.63. The maximum Gasteiger partial charge on any atom is 0.209 e. The Kier molecular flexibility index (Phi) is 3.31. The molecular weight excluding hydrogens is 266 g/mol. The first-order valence-corrected chi connectivity index (χ1v) is 7.81. The third-order valence-corrected chi connectivity index (χ3v) is 4.68. The number of ether oxygens (including phenoxy) is 1. The normalized spacial score (nSPS) is 26.9. The van der Waals surface area contributed by atoms with E-state index in [1.54, 1.807) is 0 Å². The molecule has 2 aromatic rings. The Morgan fingerprint density at radius 1 is 1.29 bits per heavy atom. The van der Waals surface area contributed by atoms with Crippen LogP contribution in [0.15, 0.2) is 22.6 Å². The molecule has 2 heterocycles. The van der Waals surface area contributed by atoms with E-state index in [2.05, 4.69) is 9.88 Å². The standard InChI is InChI=1S/C16H21N3O2/c17-11-4-3-7-14-16(11)18-15(21-14)10-19-8-9-20-13-6-2-1-5-12(13)19/h3-4,7,12-13H,1-2,5-6,8-10,17H2. The molecule has 2 aliphatic rings. The van der Waals surface area contributed by atoms with Gasteiger partial charge in [0.2, 0.25) is 5.89 Å². The molecule has 2 atom stereocenters. The fraction of sp³-hybridized carbons (Fsp3) is 0.562. The second-order valence-corrected chi connectivity index (χ2v) is 6.03. The lowest BCUT2D eigenvalue weighted by atomic mass is 9.90. The summed E-state index contributed by atoms with van der Waals surface area (Å²) >= 11 is 0. The molecule has 1 aromatic carbocycles. The Bertz CT molecular complexity index is 637. The van der Waals surface area contributed by atoms with E-state index in [0.29, 0.717) is 17.8 Å². The highest BCUT2D eigenvalue weighted by atomic mass is 16.5. The van der Waals surface area contributed by atoms with Crippen LogP contribution in [0.3, 0.4) is 0 Å². The summed E-state index contributed by atoms with van der Waals surface area (Å²) in [4.78, 5) is 7.04. The number of anilines is 1. The Morgan fingerprint density at radius 2 is 2.19 bits per heavy atom. The van der Waals surface area contributed by atoms with Crippen LogP contribution in [0.5, 0.6) is 0 Å². The van der Waals surface area contributed by atoms with Gasteiger partial charge in [0.1, 0.15) is 5.52 Å². The summed E-state index contributed by atoms with van der Waals surface area (Å²) in [5.74, 6) is 0.758. The summed E-state index contributed by atoms with van der Waals surface area (Å²) in [5, 5.41) is 0. The fourth-order valence-corrected chi connectivity index (χ4v) is 3.63. The summed E-state index contributed by atoms with van der Waals surface area (Å²) in [6.45, 7) is 2.51. The van der Waals surface area contributed by atoms with Crippen LogP contribution in [0.25, 0.3) is 11.1 Å². The molecule has 1 saturated heterocycles. The highest BCUT2D eigenvalue weighted by Crippen LogP contribution is 2.30. The van der Waals surface area contributed by atoms with Crippen molar-refractivity contribution in [3.8, 4) is 0 Å². The molecule has 21 heavy (non-hydrogen) atoms. The molecule has 0 radical (unpaired) electrons. The number of nitrogen functional groups attached to an aromatic ring is 1. The number of aromatic nitrogens is 1. The van der Waals surface area contributed by atoms with Crippen molar-refractivity contribution in [2.24, 2.45) is 0 Å². The number of nitrogens with zero attached hydrogens (tertiary/aromatic N) is 2. The van der Waals surface area contributed by atoms with Gasteiger partial charge in [0.25, 0.3) is 0 Å². The molecule has 0 amide bonds. The predicted molar refractivity (Wildman–Crippen MR) is 80.8 cm³/mol. The zero-order chi connectivity index (χ0) is 14.2. The highest BCUT2D eigenvalue weighted by Gasteiger charge is 2.34. The number of hydrogen-bond donors (Lipinski definition) is 1. The predicted octanol–water partition coefficient (Wildman–Crippen LogP) is 2.55. The molecule has 2 fully saturated rings. The Morgan fingerprint density at radius 3 is 3.10 bits per heavy atom. The van der Waals surface area contributed by atoms with Crippen LogP contribution < -0.4 is 5.73 Å². The molecule has 1 aliphatic heterocycles. The topological polar surface area (TPSA) is 64.5 Å². The monoisotopic (exact) mass is 287 g/mol. The molecule has 0 spiro atoms. The summed E-state index contributed by atoms with van der Waals surface area (Å²) in [6.07, 6.45) is 5.37. The van der Waals surface area contributed by atoms with Crippen molar-refractivity contribution >= 4 is 16.8 Å². The third-order valence-electron chi connectivity index (χ3n) is 4.68. The molecule has 1 aliphatic carbocycles. The average molecular weight is 287 g/mol. The maximum atomic E-state index is 5.95. The summed E-state index contributed by atoms with van der Waals surface area (Å²) in [5.41, 5.74) is 8.19. The van der Waals surface area contributed by atoms with E-state index in [-0.39, 0.29) is 0 Å². The van der Waals surface area contributed by atoms with E-state index < -0.39 is 0 Å². The molecule has 2 N–H and O–H groups in total. The largest absolute Gasteiger partial charge is 0.439 e. The van der Waals surface area contributed by atoms with Gasteiger partial charge in [-0.25, -0.2) is 4.98 Å². The maximum absolute atomic E-state index is 5.95. The lowest BCUT2D eigenvalue weighted by molar-refractivity contribution is -0.0929. The summed E-state index contributed by atoms with van der Waals surface area (Å²) in [6, 6.07) is 6.20. The number of fused-ring (bicyclic) bond motifs is 2. The quantitative estimate of drug-likeness (QED) is 0.860. The molecule has 4 rings (SSSR count). The third kappa shape index (κ3) is 2.40. The minimum absolute atomic E-state index is 0.391. The Hall–Kier alpha value is -1.59. The van der Waals surface area contributed by atoms with Crippen LogP contribution >= 0.6 is 0 Å². The van der Waals surface area contributed by atoms with Gasteiger partial charge in [0.05, 0.1) is 24.9 Å². The van der Waals surface area contributed by atoms with E-state index in [0.717, 1.165) is 36.7 Å². The number of oxazole rings is 1. The van der Waals surface area contributed by atoms with Crippen LogP contribution in [-0.4, -0.2) is 35.2 Å². The number of rotatable bonds is 2. The van der Waals surface area contributed by atoms with Crippen molar-refractivity contribution in [1.29, 1.82) is 0 Å². The highest BCUT2D eigenvalue weighted by molar-refractivity contribution is 5.85. The van der Waals surface area contributed by atoms with Gasteiger partial charge in [-0.3, -0.25) is 4.90 Å². The van der Waals surface area contributed by atoms with Crippen molar-refractivity contribution in [2.45, 2.75) is 44.4 Å². The molecule has 5 heteroatoms. The van der Waals surface area contributed by atoms with Crippen molar-refractivity contribution in [3.05, 3.63) is 24.1 Å².